The number of nitrogens with zero attached hydrogens (tertiary/aromatic N) is 2. The monoisotopic (exact) mass is 388 g/mol. The number of nitrogens with one attached hydrogen (secondary N) is 2. The molecule has 2 unspecified atom stereocenters. The maximum absolute atomic E-state index is 10.3. The van der Waals surface area contributed by atoms with Crippen molar-refractivity contribution in [2.24, 2.45) is 4.99 Å². The highest BCUT2D eigenvalue weighted by atomic mass is 16.5. The highest BCUT2D eigenvalue weighted by Gasteiger charge is 2.19. The topological polar surface area (TPSA) is 69.1 Å². The van der Waals surface area contributed by atoms with Crippen molar-refractivity contribution in [1.29, 1.82) is 0 Å². The summed E-state index contributed by atoms with van der Waals surface area (Å²) in [6.45, 7) is 12.3. The molecule has 6 heteroatoms. The molecular formula is C22H36N4O2. The summed E-state index contributed by atoms with van der Waals surface area (Å²) in [5.41, 5.74) is 1.11. The zero-order valence-corrected chi connectivity index (χ0v) is 17.3. The van der Waals surface area contributed by atoms with Gasteiger partial charge in [-0.05, 0) is 32.3 Å². The number of likely N-dealkylation sites (tertiary alicyclic amines) is 1. The number of piperidine rings is 1. The molecule has 2 atom stereocenters. The fourth-order valence-corrected chi connectivity index (χ4v) is 3.28. The van der Waals surface area contributed by atoms with E-state index in [1.807, 2.05) is 50.3 Å². The Kier molecular flexibility index (Phi) is 10.0. The normalized spacial score (nSPS) is 18.5. The summed E-state index contributed by atoms with van der Waals surface area (Å²) in [5, 5.41) is 17.0. The number of rotatable bonds is 10. The molecule has 1 aliphatic heterocycles. The summed E-state index contributed by atoms with van der Waals surface area (Å²) < 4.78 is 5.79. The number of hydrogen-bond acceptors (Lipinski definition) is 4. The third kappa shape index (κ3) is 8.00. The van der Waals surface area contributed by atoms with E-state index in [0.29, 0.717) is 12.6 Å². The number of benzene rings is 1. The van der Waals surface area contributed by atoms with Crippen molar-refractivity contribution >= 4 is 5.96 Å². The molecule has 1 aromatic rings. The van der Waals surface area contributed by atoms with Gasteiger partial charge in [-0.25, -0.2) is 0 Å². The van der Waals surface area contributed by atoms with Gasteiger partial charge in [-0.3, -0.25) is 9.89 Å². The van der Waals surface area contributed by atoms with Crippen molar-refractivity contribution in [3.05, 3.63) is 48.6 Å². The highest BCUT2D eigenvalue weighted by Crippen LogP contribution is 2.16. The lowest BCUT2D eigenvalue weighted by molar-refractivity contribution is 0.00111. The van der Waals surface area contributed by atoms with Gasteiger partial charge >= 0.3 is 0 Å². The van der Waals surface area contributed by atoms with Crippen LogP contribution in [0.5, 0.6) is 0 Å². The molecule has 1 aliphatic rings. The molecule has 156 valence electrons. The van der Waals surface area contributed by atoms with Crippen LogP contribution in [-0.4, -0.2) is 67.4 Å². The van der Waals surface area contributed by atoms with Crippen molar-refractivity contribution in [1.82, 2.24) is 15.5 Å². The SMILES string of the molecule is C=CCN1CCC(NC(=NCC(O)COC(C)c2ccccc2)NCC)CC1. The lowest BCUT2D eigenvalue weighted by Gasteiger charge is -2.32. The van der Waals surface area contributed by atoms with Crippen LogP contribution in [0.1, 0.15) is 38.4 Å². The molecule has 1 aromatic carbocycles. The Morgan fingerprint density at radius 1 is 1.36 bits per heavy atom. The van der Waals surface area contributed by atoms with Gasteiger partial charge in [0.25, 0.3) is 0 Å². The van der Waals surface area contributed by atoms with Crippen molar-refractivity contribution < 1.29 is 9.84 Å². The van der Waals surface area contributed by atoms with Crippen LogP contribution in [-0.2, 0) is 4.74 Å². The van der Waals surface area contributed by atoms with Crippen LogP contribution in [0.4, 0.5) is 0 Å². The zero-order valence-electron chi connectivity index (χ0n) is 17.3. The molecule has 28 heavy (non-hydrogen) atoms. The van der Waals surface area contributed by atoms with Gasteiger partial charge in [0.15, 0.2) is 5.96 Å². The predicted molar refractivity (Wildman–Crippen MR) is 116 cm³/mol. The van der Waals surface area contributed by atoms with Crippen molar-refractivity contribution in [3.63, 3.8) is 0 Å². The largest absolute Gasteiger partial charge is 0.389 e. The van der Waals surface area contributed by atoms with E-state index in [1.54, 1.807) is 0 Å². The van der Waals surface area contributed by atoms with Crippen LogP contribution >= 0.6 is 0 Å². The number of hydrogen-bond donors (Lipinski definition) is 3. The molecule has 0 radical (unpaired) electrons. The van der Waals surface area contributed by atoms with Gasteiger partial charge in [0.1, 0.15) is 0 Å². The highest BCUT2D eigenvalue weighted by molar-refractivity contribution is 5.80. The molecule has 1 heterocycles. The van der Waals surface area contributed by atoms with Crippen molar-refractivity contribution in [3.8, 4) is 0 Å². The van der Waals surface area contributed by atoms with E-state index in [-0.39, 0.29) is 12.7 Å². The second-order valence-corrected chi connectivity index (χ2v) is 7.27. The Bertz CT molecular complexity index is 585. The lowest BCUT2D eigenvalue weighted by Crippen LogP contribution is -2.49. The average Bonchev–Trinajstić information content (AvgIpc) is 2.72. The van der Waals surface area contributed by atoms with E-state index in [1.165, 1.54) is 0 Å². The van der Waals surface area contributed by atoms with E-state index < -0.39 is 6.10 Å². The quantitative estimate of drug-likeness (QED) is 0.326. The molecule has 6 nitrogen and oxygen atoms in total. The Labute approximate surface area is 169 Å². The van der Waals surface area contributed by atoms with Gasteiger partial charge in [0.2, 0.25) is 0 Å². The lowest BCUT2D eigenvalue weighted by atomic mass is 10.1. The van der Waals surface area contributed by atoms with Gasteiger partial charge in [-0.2, -0.15) is 0 Å². The maximum atomic E-state index is 10.3. The standard InChI is InChI=1S/C22H36N4O2/c1-4-13-26-14-11-20(12-15-26)25-22(23-5-2)24-16-21(27)17-28-18(3)19-9-7-6-8-10-19/h4,6-10,18,20-21,27H,1,5,11-17H2,2-3H3,(H2,23,24,25). The minimum Gasteiger partial charge on any atom is -0.389 e. The van der Waals surface area contributed by atoms with Crippen molar-refractivity contribution in [2.45, 2.75) is 44.9 Å². The van der Waals surface area contributed by atoms with Crippen LogP contribution in [0.25, 0.3) is 0 Å². The number of aliphatic imine (C=N–C) groups is 1. The summed E-state index contributed by atoms with van der Waals surface area (Å²) in [7, 11) is 0. The fourth-order valence-electron chi connectivity index (χ4n) is 3.28. The number of aliphatic hydroxyl groups is 1. The molecule has 2 rings (SSSR count). The summed E-state index contributed by atoms with van der Waals surface area (Å²) in [6, 6.07) is 10.4. The first-order valence-corrected chi connectivity index (χ1v) is 10.3. The first-order valence-electron chi connectivity index (χ1n) is 10.3. The van der Waals surface area contributed by atoms with E-state index in [2.05, 4.69) is 27.1 Å². The molecule has 0 saturated carbocycles. The third-order valence-electron chi connectivity index (χ3n) is 4.93. The fraction of sp³-hybridized carbons (Fsp3) is 0.591. The summed E-state index contributed by atoms with van der Waals surface area (Å²) in [5.74, 6) is 0.764. The first-order chi connectivity index (χ1) is 13.6. The summed E-state index contributed by atoms with van der Waals surface area (Å²) in [6.07, 6.45) is 3.45. The molecule has 0 aromatic heterocycles. The number of guanidine groups is 1. The molecule has 0 spiro atoms. The predicted octanol–water partition coefficient (Wildman–Crippen LogP) is 2.33. The Morgan fingerprint density at radius 3 is 2.71 bits per heavy atom. The molecular weight excluding hydrogens is 352 g/mol. The van der Waals surface area contributed by atoms with Crippen LogP contribution in [0, 0.1) is 0 Å². The van der Waals surface area contributed by atoms with Gasteiger partial charge in [0, 0.05) is 32.2 Å². The zero-order chi connectivity index (χ0) is 20.2. The molecule has 0 aliphatic carbocycles. The molecule has 3 N–H and O–H groups in total. The van der Waals surface area contributed by atoms with E-state index >= 15 is 0 Å². The minimum atomic E-state index is -0.629. The Balaban J connectivity index is 1.75. The Morgan fingerprint density at radius 2 is 2.07 bits per heavy atom. The second kappa shape index (κ2) is 12.5. The van der Waals surface area contributed by atoms with Crippen LogP contribution in [0.2, 0.25) is 0 Å². The molecule has 1 saturated heterocycles. The van der Waals surface area contributed by atoms with E-state index in [0.717, 1.165) is 50.5 Å². The first kappa shape index (κ1) is 22.4. The average molecular weight is 389 g/mol. The maximum Gasteiger partial charge on any atom is 0.191 e. The van der Waals surface area contributed by atoms with Crippen LogP contribution < -0.4 is 10.6 Å². The second-order valence-electron chi connectivity index (χ2n) is 7.27. The summed E-state index contributed by atoms with van der Waals surface area (Å²) >= 11 is 0. The number of ether oxygens (including phenoxy) is 1. The van der Waals surface area contributed by atoms with Crippen LogP contribution in [0.3, 0.4) is 0 Å². The van der Waals surface area contributed by atoms with Gasteiger partial charge in [0.05, 0.1) is 25.4 Å². The van der Waals surface area contributed by atoms with E-state index in [4.69, 9.17) is 4.74 Å². The Hall–Kier alpha value is -1.89. The molecule has 1 fully saturated rings. The van der Waals surface area contributed by atoms with Gasteiger partial charge < -0.3 is 20.5 Å². The van der Waals surface area contributed by atoms with Gasteiger partial charge in [-0.1, -0.05) is 36.4 Å². The van der Waals surface area contributed by atoms with E-state index in [9.17, 15) is 5.11 Å². The minimum absolute atomic E-state index is 0.0491. The smallest absolute Gasteiger partial charge is 0.191 e. The number of aliphatic hydroxyl groups excluding tert-OH is 1. The van der Waals surface area contributed by atoms with Crippen LogP contribution in [0.15, 0.2) is 48.0 Å². The molecule has 0 bridgehead atoms. The third-order valence-corrected chi connectivity index (χ3v) is 4.93. The van der Waals surface area contributed by atoms with Crippen molar-refractivity contribution in [2.75, 3.05) is 39.3 Å². The van der Waals surface area contributed by atoms with Gasteiger partial charge in [-0.15, -0.1) is 6.58 Å². The molecule has 0 amide bonds. The summed E-state index contributed by atoms with van der Waals surface area (Å²) in [4.78, 5) is 6.96.